The average Bonchev–Trinajstić information content (AvgIpc) is 2.70. The highest BCUT2D eigenvalue weighted by Crippen LogP contribution is 2.25. The molecule has 1 amide bonds. The number of hydrogen-bond acceptors (Lipinski definition) is 7. The van der Waals surface area contributed by atoms with Gasteiger partial charge in [-0.2, -0.15) is 10.1 Å². The molecule has 0 aliphatic carbocycles. The van der Waals surface area contributed by atoms with Crippen molar-refractivity contribution in [3.05, 3.63) is 71.1 Å². The molecule has 3 N–H and O–H groups in total. The van der Waals surface area contributed by atoms with Gasteiger partial charge >= 0.3 is 6.09 Å². The van der Waals surface area contributed by atoms with E-state index in [4.69, 9.17) is 16.3 Å². The van der Waals surface area contributed by atoms with Crippen molar-refractivity contribution in [3.8, 4) is 0 Å². The van der Waals surface area contributed by atoms with Gasteiger partial charge < -0.3 is 10.1 Å². The first-order chi connectivity index (χ1) is 15.2. The highest BCUT2D eigenvalue weighted by molar-refractivity contribution is 6.32. The molecule has 0 saturated carbocycles. The summed E-state index contributed by atoms with van der Waals surface area (Å²) in [5.74, 6) is 0.0875. The number of carbonyl (C=O) groups is 1. The van der Waals surface area contributed by atoms with Crippen molar-refractivity contribution >= 4 is 47.0 Å². The number of nitrogens with zero attached hydrogens (tertiary/aromatic N) is 3. The first kappa shape index (κ1) is 23.0. The zero-order valence-electron chi connectivity index (χ0n) is 17.7. The molecular weight excluding hydrogens is 435 g/mol. The van der Waals surface area contributed by atoms with Crippen LogP contribution in [0.2, 0.25) is 5.02 Å². The molecule has 0 spiro atoms. The van der Waals surface area contributed by atoms with Crippen molar-refractivity contribution in [2.75, 3.05) is 16.1 Å². The third-order valence-corrected chi connectivity index (χ3v) is 4.06. The molecule has 32 heavy (non-hydrogen) atoms. The Balaban J connectivity index is 1.68. The van der Waals surface area contributed by atoms with Crippen molar-refractivity contribution < 1.29 is 13.9 Å². The van der Waals surface area contributed by atoms with Gasteiger partial charge in [0.05, 0.1) is 12.4 Å². The SMILES string of the molecule is CC(C)(C)OC(=O)Nc1cccc(Nc2nc(N/N=C/c3ccccc3F)ncc2Cl)c1. The van der Waals surface area contributed by atoms with Crippen LogP contribution in [-0.2, 0) is 4.74 Å². The third kappa shape index (κ3) is 6.92. The van der Waals surface area contributed by atoms with Crippen LogP contribution < -0.4 is 16.1 Å². The van der Waals surface area contributed by atoms with E-state index < -0.39 is 17.5 Å². The van der Waals surface area contributed by atoms with E-state index in [2.05, 4.69) is 31.1 Å². The number of benzene rings is 2. The summed E-state index contributed by atoms with van der Waals surface area (Å²) in [7, 11) is 0. The number of rotatable bonds is 6. The third-order valence-electron chi connectivity index (χ3n) is 3.79. The summed E-state index contributed by atoms with van der Waals surface area (Å²) in [5.41, 5.74) is 3.51. The van der Waals surface area contributed by atoms with Crippen molar-refractivity contribution in [3.63, 3.8) is 0 Å². The zero-order chi connectivity index (χ0) is 23.1. The highest BCUT2D eigenvalue weighted by atomic mass is 35.5. The van der Waals surface area contributed by atoms with Crippen molar-refractivity contribution in [2.45, 2.75) is 26.4 Å². The fraction of sp³-hybridized carbons (Fsp3) is 0.182. The molecule has 1 heterocycles. The van der Waals surface area contributed by atoms with E-state index in [0.717, 1.165) is 0 Å². The molecule has 1 aromatic heterocycles. The summed E-state index contributed by atoms with van der Waals surface area (Å²) in [4.78, 5) is 20.3. The van der Waals surface area contributed by atoms with Crippen LogP contribution in [-0.4, -0.2) is 27.9 Å². The lowest BCUT2D eigenvalue weighted by Gasteiger charge is -2.19. The Hall–Kier alpha value is -3.72. The van der Waals surface area contributed by atoms with Crippen LogP contribution in [0.5, 0.6) is 0 Å². The molecule has 0 aliphatic heterocycles. The first-order valence-electron chi connectivity index (χ1n) is 9.63. The molecule has 0 bridgehead atoms. The van der Waals surface area contributed by atoms with Gasteiger partial charge in [0, 0.05) is 16.9 Å². The Morgan fingerprint density at radius 2 is 1.91 bits per heavy atom. The molecule has 2 aromatic carbocycles. The maximum absolute atomic E-state index is 13.7. The average molecular weight is 457 g/mol. The molecule has 0 atom stereocenters. The zero-order valence-corrected chi connectivity index (χ0v) is 18.4. The van der Waals surface area contributed by atoms with Crippen LogP contribution in [0, 0.1) is 5.82 Å². The van der Waals surface area contributed by atoms with Gasteiger partial charge in [0.1, 0.15) is 16.4 Å². The maximum Gasteiger partial charge on any atom is 0.412 e. The van der Waals surface area contributed by atoms with Gasteiger partial charge in [0.25, 0.3) is 0 Å². The molecule has 0 aliphatic rings. The lowest BCUT2D eigenvalue weighted by molar-refractivity contribution is 0.0636. The predicted octanol–water partition coefficient (Wildman–Crippen LogP) is 5.81. The molecule has 0 saturated heterocycles. The quantitative estimate of drug-likeness (QED) is 0.320. The number of aromatic nitrogens is 2. The summed E-state index contributed by atoms with van der Waals surface area (Å²) in [6.45, 7) is 5.36. The maximum atomic E-state index is 13.7. The minimum Gasteiger partial charge on any atom is -0.444 e. The van der Waals surface area contributed by atoms with Gasteiger partial charge in [-0.15, -0.1) is 0 Å². The Kier molecular flexibility index (Phi) is 7.21. The number of amides is 1. The lowest BCUT2D eigenvalue weighted by Crippen LogP contribution is -2.27. The van der Waals surface area contributed by atoms with E-state index in [1.165, 1.54) is 18.5 Å². The summed E-state index contributed by atoms with van der Waals surface area (Å²) in [6, 6.07) is 13.2. The minimum atomic E-state index is -0.605. The van der Waals surface area contributed by atoms with E-state index in [0.29, 0.717) is 22.8 Å². The fourth-order valence-electron chi connectivity index (χ4n) is 2.48. The molecule has 0 fully saturated rings. The summed E-state index contributed by atoms with van der Waals surface area (Å²) >= 11 is 6.20. The van der Waals surface area contributed by atoms with Crippen LogP contribution in [0.3, 0.4) is 0 Å². The summed E-state index contributed by atoms with van der Waals surface area (Å²) < 4.78 is 18.9. The van der Waals surface area contributed by atoms with Gasteiger partial charge in [-0.3, -0.25) is 5.32 Å². The van der Waals surface area contributed by atoms with Crippen LogP contribution in [0.15, 0.2) is 59.8 Å². The molecule has 10 heteroatoms. The monoisotopic (exact) mass is 456 g/mol. The number of ether oxygens (including phenoxy) is 1. The van der Waals surface area contributed by atoms with Gasteiger partial charge in [0.2, 0.25) is 5.95 Å². The minimum absolute atomic E-state index is 0.160. The molecule has 0 radical (unpaired) electrons. The van der Waals surface area contributed by atoms with E-state index in [1.807, 2.05) is 0 Å². The second-order valence-electron chi connectivity index (χ2n) is 7.61. The van der Waals surface area contributed by atoms with E-state index >= 15 is 0 Å². The lowest BCUT2D eigenvalue weighted by atomic mass is 10.2. The second-order valence-corrected chi connectivity index (χ2v) is 8.02. The van der Waals surface area contributed by atoms with Crippen LogP contribution in [0.25, 0.3) is 0 Å². The van der Waals surface area contributed by atoms with E-state index in [-0.39, 0.29) is 11.0 Å². The van der Waals surface area contributed by atoms with Crippen LogP contribution in [0.4, 0.5) is 32.3 Å². The fourth-order valence-corrected chi connectivity index (χ4v) is 2.62. The second kappa shape index (κ2) is 10.1. The van der Waals surface area contributed by atoms with E-state index in [9.17, 15) is 9.18 Å². The standard InChI is InChI=1S/C22H22ClFN6O2/c1-22(2,3)32-21(31)28-16-9-6-8-15(11-16)27-19-17(23)13-25-20(29-19)30-26-12-14-7-4-5-10-18(14)24/h4-13H,1-3H3,(H,28,31)(H2,25,27,29,30)/b26-12+. The molecular formula is C22H22ClFN6O2. The molecule has 3 rings (SSSR count). The number of halogens is 2. The number of carbonyl (C=O) groups excluding carboxylic acids is 1. The van der Waals surface area contributed by atoms with Crippen molar-refractivity contribution in [1.29, 1.82) is 0 Å². The number of nitrogens with one attached hydrogen (secondary N) is 3. The molecule has 3 aromatic rings. The normalized spacial score (nSPS) is 11.3. The summed E-state index contributed by atoms with van der Waals surface area (Å²) in [5, 5.41) is 9.97. The van der Waals surface area contributed by atoms with Gasteiger partial charge in [-0.1, -0.05) is 35.9 Å². The number of hydrazone groups is 1. The smallest absolute Gasteiger partial charge is 0.412 e. The largest absolute Gasteiger partial charge is 0.444 e. The Bertz CT molecular complexity index is 1130. The first-order valence-corrected chi connectivity index (χ1v) is 10.0. The Morgan fingerprint density at radius 3 is 2.66 bits per heavy atom. The molecule has 0 unspecified atom stereocenters. The van der Waals surface area contributed by atoms with Crippen molar-refractivity contribution in [1.82, 2.24) is 9.97 Å². The molecule has 166 valence electrons. The number of hydrogen-bond donors (Lipinski definition) is 3. The van der Waals surface area contributed by atoms with Gasteiger partial charge in [0.15, 0.2) is 5.82 Å². The molecule has 8 nitrogen and oxygen atoms in total. The highest BCUT2D eigenvalue weighted by Gasteiger charge is 2.16. The van der Waals surface area contributed by atoms with Crippen LogP contribution >= 0.6 is 11.6 Å². The topological polar surface area (TPSA) is 101 Å². The van der Waals surface area contributed by atoms with Crippen molar-refractivity contribution in [2.24, 2.45) is 5.10 Å². The van der Waals surface area contributed by atoms with Gasteiger partial charge in [-0.05, 0) is 45.0 Å². The summed E-state index contributed by atoms with van der Waals surface area (Å²) in [6.07, 6.45) is 2.17. The number of anilines is 4. The van der Waals surface area contributed by atoms with E-state index in [1.54, 1.807) is 63.2 Å². The predicted molar refractivity (Wildman–Crippen MR) is 124 cm³/mol. The Morgan fingerprint density at radius 1 is 1.16 bits per heavy atom. The van der Waals surface area contributed by atoms with Crippen LogP contribution in [0.1, 0.15) is 26.3 Å². The van der Waals surface area contributed by atoms with Gasteiger partial charge in [-0.25, -0.2) is 19.6 Å². The Labute approximate surface area is 189 Å².